The molecule has 0 saturated carbocycles. The fourth-order valence-corrected chi connectivity index (χ4v) is 1.68. The van der Waals surface area contributed by atoms with Crippen LogP contribution in [0.4, 0.5) is 0 Å². The molecule has 0 bridgehead atoms. The zero-order valence-electron chi connectivity index (χ0n) is 11.3. The van der Waals surface area contributed by atoms with Gasteiger partial charge in [0.25, 0.3) is 0 Å². The van der Waals surface area contributed by atoms with Crippen molar-refractivity contribution in [3.8, 4) is 5.88 Å². The molecule has 0 aliphatic carbocycles. The Bertz CT molecular complexity index is 343. The summed E-state index contributed by atoms with van der Waals surface area (Å²) in [6.07, 6.45) is 2.79. The van der Waals surface area contributed by atoms with Crippen LogP contribution in [0.5, 0.6) is 5.88 Å². The van der Waals surface area contributed by atoms with Crippen LogP contribution in [0.2, 0.25) is 0 Å². The van der Waals surface area contributed by atoms with E-state index in [1.165, 1.54) is 0 Å². The van der Waals surface area contributed by atoms with Gasteiger partial charge in [0.1, 0.15) is 11.7 Å². The molecule has 0 fully saturated rings. The zero-order chi connectivity index (χ0) is 13.4. The van der Waals surface area contributed by atoms with Gasteiger partial charge in [-0.1, -0.05) is 0 Å². The first-order valence-corrected chi connectivity index (χ1v) is 6.03. The van der Waals surface area contributed by atoms with Crippen LogP contribution in [0, 0.1) is 0 Å². The van der Waals surface area contributed by atoms with Gasteiger partial charge in [0.05, 0.1) is 7.11 Å². The number of nitrogens with one attached hydrogen (secondary N) is 1. The summed E-state index contributed by atoms with van der Waals surface area (Å²) in [4.78, 5) is 8.43. The molecule has 6 nitrogen and oxygen atoms in total. The lowest BCUT2D eigenvalue weighted by molar-refractivity contribution is -0.155. The van der Waals surface area contributed by atoms with Crippen molar-refractivity contribution < 1.29 is 14.2 Å². The number of hydrogen-bond donors (Lipinski definition) is 1. The molecule has 0 spiro atoms. The lowest BCUT2D eigenvalue weighted by Crippen LogP contribution is -2.35. The van der Waals surface area contributed by atoms with E-state index in [9.17, 15) is 0 Å². The van der Waals surface area contributed by atoms with Crippen LogP contribution in [-0.4, -0.2) is 43.6 Å². The van der Waals surface area contributed by atoms with Crippen LogP contribution >= 0.6 is 0 Å². The first-order valence-electron chi connectivity index (χ1n) is 6.03. The standard InChI is InChI=1S/C12H21N3O3/c1-5-17-12(18-6-2)10(13-3)9-11(16-4)15-8-7-14-9/h7-8,10,12-13H,5-6H2,1-4H3. The molecule has 102 valence electrons. The number of nitrogens with zero attached hydrogens (tertiary/aromatic N) is 2. The average molecular weight is 255 g/mol. The third kappa shape index (κ3) is 3.63. The van der Waals surface area contributed by atoms with Crippen molar-refractivity contribution in [1.82, 2.24) is 15.3 Å². The summed E-state index contributed by atoms with van der Waals surface area (Å²) in [6, 6.07) is -0.228. The third-order valence-electron chi connectivity index (χ3n) is 2.42. The van der Waals surface area contributed by atoms with Crippen molar-refractivity contribution >= 4 is 0 Å². The maximum Gasteiger partial charge on any atom is 0.237 e. The smallest absolute Gasteiger partial charge is 0.237 e. The molecule has 1 aromatic rings. The highest BCUT2D eigenvalue weighted by molar-refractivity contribution is 5.21. The minimum absolute atomic E-state index is 0.228. The minimum atomic E-state index is -0.421. The molecule has 1 atom stereocenters. The molecule has 1 rings (SSSR count). The van der Waals surface area contributed by atoms with Gasteiger partial charge in [-0.2, -0.15) is 0 Å². The normalized spacial score (nSPS) is 12.7. The largest absolute Gasteiger partial charge is 0.480 e. The Morgan fingerprint density at radius 3 is 2.28 bits per heavy atom. The van der Waals surface area contributed by atoms with Crippen molar-refractivity contribution in [3.05, 3.63) is 18.1 Å². The second-order valence-electron chi connectivity index (χ2n) is 3.50. The lowest BCUT2D eigenvalue weighted by Gasteiger charge is -2.26. The van der Waals surface area contributed by atoms with Crippen LogP contribution in [0.3, 0.4) is 0 Å². The molecule has 1 unspecified atom stereocenters. The Morgan fingerprint density at radius 2 is 1.78 bits per heavy atom. The summed E-state index contributed by atoms with van der Waals surface area (Å²) < 4.78 is 16.4. The van der Waals surface area contributed by atoms with E-state index in [-0.39, 0.29) is 6.04 Å². The molecule has 1 heterocycles. The number of methoxy groups -OCH3 is 1. The summed E-state index contributed by atoms with van der Waals surface area (Å²) in [5, 5.41) is 3.13. The van der Waals surface area contributed by atoms with E-state index >= 15 is 0 Å². The zero-order valence-corrected chi connectivity index (χ0v) is 11.3. The topological polar surface area (TPSA) is 65.5 Å². The fraction of sp³-hybridized carbons (Fsp3) is 0.667. The van der Waals surface area contributed by atoms with E-state index in [0.29, 0.717) is 24.8 Å². The Hall–Kier alpha value is -1.24. The number of aromatic nitrogens is 2. The SMILES string of the molecule is CCOC(OCC)C(NC)c1nccnc1OC. The molecule has 1 N–H and O–H groups in total. The van der Waals surface area contributed by atoms with Crippen LogP contribution in [-0.2, 0) is 9.47 Å². The maximum atomic E-state index is 5.58. The van der Waals surface area contributed by atoms with Gasteiger partial charge in [0.2, 0.25) is 5.88 Å². The van der Waals surface area contributed by atoms with Gasteiger partial charge in [-0.15, -0.1) is 0 Å². The van der Waals surface area contributed by atoms with Gasteiger partial charge >= 0.3 is 0 Å². The van der Waals surface area contributed by atoms with Crippen LogP contribution in [0.25, 0.3) is 0 Å². The summed E-state index contributed by atoms with van der Waals surface area (Å²) in [7, 11) is 3.39. The van der Waals surface area contributed by atoms with E-state index < -0.39 is 6.29 Å². The minimum Gasteiger partial charge on any atom is -0.480 e. The molecule has 0 aliphatic heterocycles. The van der Waals surface area contributed by atoms with Crippen LogP contribution < -0.4 is 10.1 Å². The van der Waals surface area contributed by atoms with Gasteiger partial charge in [-0.05, 0) is 20.9 Å². The van der Waals surface area contributed by atoms with Gasteiger partial charge in [-0.25, -0.2) is 4.98 Å². The summed E-state index contributed by atoms with van der Waals surface area (Å²) in [5.41, 5.74) is 0.675. The highest BCUT2D eigenvalue weighted by Crippen LogP contribution is 2.24. The van der Waals surface area contributed by atoms with Gasteiger partial charge in [0.15, 0.2) is 6.29 Å². The first kappa shape index (κ1) is 14.8. The van der Waals surface area contributed by atoms with Crippen LogP contribution in [0.15, 0.2) is 12.4 Å². The molecule has 0 saturated heterocycles. The Balaban J connectivity index is 2.98. The van der Waals surface area contributed by atoms with Crippen molar-refractivity contribution in [2.45, 2.75) is 26.2 Å². The van der Waals surface area contributed by atoms with Crippen molar-refractivity contribution in [3.63, 3.8) is 0 Å². The summed E-state index contributed by atoms with van der Waals surface area (Å²) >= 11 is 0. The second kappa shape index (κ2) is 7.97. The number of likely N-dealkylation sites (N-methyl/N-ethyl adjacent to an activating group) is 1. The summed E-state index contributed by atoms with van der Waals surface area (Å²) in [5.74, 6) is 0.473. The van der Waals surface area contributed by atoms with E-state index in [0.717, 1.165) is 0 Å². The average Bonchev–Trinajstić information content (AvgIpc) is 2.40. The monoisotopic (exact) mass is 255 g/mol. The number of rotatable bonds is 8. The van der Waals surface area contributed by atoms with Gasteiger partial charge in [-0.3, -0.25) is 4.98 Å². The molecule has 6 heteroatoms. The molecule has 1 aromatic heterocycles. The number of hydrogen-bond acceptors (Lipinski definition) is 6. The van der Waals surface area contributed by atoms with Crippen LogP contribution in [0.1, 0.15) is 25.6 Å². The molecule has 0 radical (unpaired) electrons. The van der Waals surface area contributed by atoms with Crippen molar-refractivity contribution in [1.29, 1.82) is 0 Å². The van der Waals surface area contributed by atoms with E-state index in [2.05, 4.69) is 15.3 Å². The van der Waals surface area contributed by atoms with Crippen molar-refractivity contribution in [2.24, 2.45) is 0 Å². The first-order chi connectivity index (χ1) is 8.78. The third-order valence-corrected chi connectivity index (χ3v) is 2.42. The van der Waals surface area contributed by atoms with E-state index in [1.807, 2.05) is 20.9 Å². The predicted molar refractivity (Wildman–Crippen MR) is 67.4 cm³/mol. The lowest BCUT2D eigenvalue weighted by atomic mass is 10.2. The highest BCUT2D eigenvalue weighted by atomic mass is 16.7. The highest BCUT2D eigenvalue weighted by Gasteiger charge is 2.27. The van der Waals surface area contributed by atoms with E-state index in [1.54, 1.807) is 19.5 Å². The molecule has 0 aromatic carbocycles. The molecular formula is C12H21N3O3. The van der Waals surface area contributed by atoms with E-state index in [4.69, 9.17) is 14.2 Å². The number of ether oxygens (including phenoxy) is 3. The summed E-state index contributed by atoms with van der Waals surface area (Å²) in [6.45, 7) is 4.97. The fourth-order valence-electron chi connectivity index (χ4n) is 1.68. The molecule has 18 heavy (non-hydrogen) atoms. The maximum absolute atomic E-state index is 5.58. The Labute approximate surface area is 108 Å². The second-order valence-corrected chi connectivity index (χ2v) is 3.50. The van der Waals surface area contributed by atoms with Gasteiger partial charge in [0, 0.05) is 25.6 Å². The Morgan fingerprint density at radius 1 is 1.17 bits per heavy atom. The quantitative estimate of drug-likeness (QED) is 0.703. The predicted octanol–water partition coefficient (Wildman–Crippen LogP) is 1.14. The molecule has 0 amide bonds. The van der Waals surface area contributed by atoms with Crippen molar-refractivity contribution in [2.75, 3.05) is 27.4 Å². The molecule has 0 aliphatic rings. The van der Waals surface area contributed by atoms with Gasteiger partial charge < -0.3 is 19.5 Å². The Kier molecular flexibility index (Phi) is 6.56. The molecular weight excluding hydrogens is 234 g/mol.